The minimum atomic E-state index is -0.222. The fourth-order valence-corrected chi connectivity index (χ4v) is 2.67. The monoisotopic (exact) mass is 331 g/mol. The Labute approximate surface area is 140 Å². The number of carbonyl (C=O) groups is 1. The molecule has 1 fully saturated rings. The van der Waals surface area contributed by atoms with E-state index in [1.54, 1.807) is 24.3 Å². The Morgan fingerprint density at radius 3 is 2.91 bits per heavy atom. The molecule has 2 aromatic carbocycles. The van der Waals surface area contributed by atoms with Crippen molar-refractivity contribution in [1.29, 1.82) is 0 Å². The van der Waals surface area contributed by atoms with E-state index in [1.165, 1.54) is 0 Å². The van der Waals surface area contributed by atoms with Gasteiger partial charge in [0.25, 0.3) is 5.91 Å². The van der Waals surface area contributed by atoms with E-state index >= 15 is 0 Å². The molecule has 1 unspecified atom stereocenters. The average molecular weight is 332 g/mol. The molecule has 120 valence electrons. The van der Waals surface area contributed by atoms with E-state index in [0.717, 1.165) is 19.4 Å². The molecule has 0 radical (unpaired) electrons. The first-order valence-corrected chi connectivity index (χ1v) is 8.00. The lowest BCUT2D eigenvalue weighted by Gasteiger charge is -2.15. The second kappa shape index (κ2) is 7.49. The van der Waals surface area contributed by atoms with E-state index in [1.807, 2.05) is 24.3 Å². The lowest BCUT2D eigenvalue weighted by Crippen LogP contribution is -2.18. The maximum absolute atomic E-state index is 12.3. The quantitative estimate of drug-likeness (QED) is 0.895. The highest BCUT2D eigenvalue weighted by Crippen LogP contribution is 2.26. The molecule has 0 aromatic heterocycles. The van der Waals surface area contributed by atoms with Crippen LogP contribution >= 0.6 is 11.6 Å². The molecule has 5 heteroatoms. The largest absolute Gasteiger partial charge is 0.489 e. The summed E-state index contributed by atoms with van der Waals surface area (Å²) in [6.07, 6.45) is 2.21. The molecule has 0 bridgehead atoms. The van der Waals surface area contributed by atoms with Crippen molar-refractivity contribution in [2.75, 3.05) is 18.5 Å². The molecule has 3 rings (SSSR count). The van der Waals surface area contributed by atoms with Gasteiger partial charge in [0.2, 0.25) is 0 Å². The zero-order valence-electron chi connectivity index (χ0n) is 12.6. The van der Waals surface area contributed by atoms with Crippen LogP contribution in [0.3, 0.4) is 0 Å². The second-order valence-electron chi connectivity index (χ2n) is 5.41. The minimum absolute atomic E-state index is 0.131. The molecule has 23 heavy (non-hydrogen) atoms. The molecule has 1 saturated heterocycles. The van der Waals surface area contributed by atoms with Crippen molar-refractivity contribution in [3.8, 4) is 5.75 Å². The summed E-state index contributed by atoms with van der Waals surface area (Å²) in [4.78, 5) is 12.3. The van der Waals surface area contributed by atoms with Crippen LogP contribution in [0.1, 0.15) is 23.2 Å². The van der Waals surface area contributed by atoms with Crippen molar-refractivity contribution >= 4 is 23.2 Å². The third-order valence-electron chi connectivity index (χ3n) is 3.67. The van der Waals surface area contributed by atoms with Gasteiger partial charge in [0.15, 0.2) is 0 Å². The predicted molar refractivity (Wildman–Crippen MR) is 90.3 cm³/mol. The van der Waals surface area contributed by atoms with Crippen LogP contribution in [-0.4, -0.2) is 25.2 Å². The summed E-state index contributed by atoms with van der Waals surface area (Å²) in [5.41, 5.74) is 1.14. The highest BCUT2D eigenvalue weighted by atomic mass is 35.5. The predicted octanol–water partition coefficient (Wildman–Crippen LogP) is 4.15. The van der Waals surface area contributed by atoms with Gasteiger partial charge in [-0.05, 0) is 43.2 Å². The lowest BCUT2D eigenvalue weighted by molar-refractivity contribution is 0.0682. The summed E-state index contributed by atoms with van der Waals surface area (Å²) >= 11 is 5.93. The van der Waals surface area contributed by atoms with Gasteiger partial charge < -0.3 is 14.8 Å². The van der Waals surface area contributed by atoms with Crippen LogP contribution in [0.5, 0.6) is 5.75 Å². The van der Waals surface area contributed by atoms with Gasteiger partial charge in [-0.2, -0.15) is 0 Å². The van der Waals surface area contributed by atoms with Gasteiger partial charge in [-0.1, -0.05) is 29.8 Å². The van der Waals surface area contributed by atoms with Gasteiger partial charge >= 0.3 is 0 Å². The maximum Gasteiger partial charge on any atom is 0.255 e. The Morgan fingerprint density at radius 2 is 2.13 bits per heavy atom. The van der Waals surface area contributed by atoms with E-state index < -0.39 is 0 Å². The highest BCUT2D eigenvalue weighted by molar-refractivity contribution is 6.31. The number of hydrogen-bond acceptors (Lipinski definition) is 3. The number of benzene rings is 2. The van der Waals surface area contributed by atoms with Crippen LogP contribution in [0.15, 0.2) is 48.5 Å². The van der Waals surface area contributed by atoms with Crippen molar-refractivity contribution in [3.05, 3.63) is 59.1 Å². The Morgan fingerprint density at radius 1 is 1.26 bits per heavy atom. The van der Waals surface area contributed by atoms with E-state index in [0.29, 0.717) is 28.6 Å². The lowest BCUT2D eigenvalue weighted by atomic mass is 10.2. The summed E-state index contributed by atoms with van der Waals surface area (Å²) in [5.74, 6) is 0.416. The van der Waals surface area contributed by atoms with Crippen molar-refractivity contribution in [3.63, 3.8) is 0 Å². The molecule has 0 saturated carbocycles. The van der Waals surface area contributed by atoms with Gasteiger partial charge in [-0.25, -0.2) is 0 Å². The number of rotatable bonds is 5. The number of amides is 1. The van der Waals surface area contributed by atoms with E-state index in [9.17, 15) is 4.79 Å². The van der Waals surface area contributed by atoms with Crippen molar-refractivity contribution < 1.29 is 14.3 Å². The zero-order valence-corrected chi connectivity index (χ0v) is 13.4. The normalized spacial score (nSPS) is 17.0. The molecule has 1 atom stereocenters. The number of carbonyl (C=O) groups excluding carboxylic acids is 1. The van der Waals surface area contributed by atoms with Crippen molar-refractivity contribution in [2.24, 2.45) is 0 Å². The SMILES string of the molecule is O=C(Nc1ccccc1OCC1CCCO1)c1cccc(Cl)c1. The van der Waals surface area contributed by atoms with Crippen LogP contribution in [0.4, 0.5) is 5.69 Å². The fraction of sp³-hybridized carbons (Fsp3) is 0.278. The first kappa shape index (κ1) is 15.8. The Balaban J connectivity index is 1.68. The van der Waals surface area contributed by atoms with E-state index in [-0.39, 0.29) is 12.0 Å². The van der Waals surface area contributed by atoms with Gasteiger partial charge in [0.1, 0.15) is 12.4 Å². The first-order chi connectivity index (χ1) is 11.2. The molecular weight excluding hydrogens is 314 g/mol. The minimum Gasteiger partial charge on any atom is -0.489 e. The summed E-state index contributed by atoms with van der Waals surface area (Å²) in [7, 11) is 0. The van der Waals surface area contributed by atoms with Crippen molar-refractivity contribution in [1.82, 2.24) is 0 Å². The molecule has 0 spiro atoms. The molecule has 1 amide bonds. The van der Waals surface area contributed by atoms with Crippen LogP contribution in [-0.2, 0) is 4.74 Å². The third kappa shape index (κ3) is 4.24. The summed E-state index contributed by atoms with van der Waals surface area (Å²) < 4.78 is 11.4. The molecule has 1 heterocycles. The van der Waals surface area contributed by atoms with Gasteiger partial charge in [-0.3, -0.25) is 4.79 Å². The number of para-hydroxylation sites is 2. The molecular formula is C18H18ClNO3. The highest BCUT2D eigenvalue weighted by Gasteiger charge is 2.17. The van der Waals surface area contributed by atoms with Gasteiger partial charge in [0, 0.05) is 17.2 Å². The summed E-state index contributed by atoms with van der Waals surface area (Å²) in [6, 6.07) is 14.2. The van der Waals surface area contributed by atoms with E-state index in [2.05, 4.69) is 5.32 Å². The number of anilines is 1. The fourth-order valence-electron chi connectivity index (χ4n) is 2.48. The summed E-state index contributed by atoms with van der Waals surface area (Å²) in [5, 5.41) is 3.39. The molecule has 0 aliphatic carbocycles. The van der Waals surface area contributed by atoms with Crippen molar-refractivity contribution in [2.45, 2.75) is 18.9 Å². The van der Waals surface area contributed by atoms with Gasteiger partial charge in [0.05, 0.1) is 11.8 Å². The number of ether oxygens (including phenoxy) is 2. The van der Waals surface area contributed by atoms with E-state index in [4.69, 9.17) is 21.1 Å². The molecule has 1 aliphatic rings. The standard InChI is InChI=1S/C18H18ClNO3/c19-14-6-3-5-13(11-14)18(21)20-16-8-1-2-9-17(16)23-12-15-7-4-10-22-15/h1-3,5-6,8-9,11,15H,4,7,10,12H2,(H,20,21). The summed E-state index contributed by atoms with van der Waals surface area (Å²) in [6.45, 7) is 1.28. The molecule has 4 nitrogen and oxygen atoms in total. The topological polar surface area (TPSA) is 47.6 Å². The zero-order chi connectivity index (χ0) is 16.1. The molecule has 1 N–H and O–H groups in total. The molecule has 1 aliphatic heterocycles. The van der Waals surface area contributed by atoms with Crippen LogP contribution in [0.2, 0.25) is 5.02 Å². The third-order valence-corrected chi connectivity index (χ3v) is 3.91. The first-order valence-electron chi connectivity index (χ1n) is 7.63. The average Bonchev–Trinajstić information content (AvgIpc) is 3.07. The Hall–Kier alpha value is -2.04. The van der Waals surface area contributed by atoms with Crippen LogP contribution in [0.25, 0.3) is 0 Å². The smallest absolute Gasteiger partial charge is 0.255 e. The number of halogens is 1. The van der Waals surface area contributed by atoms with Gasteiger partial charge in [-0.15, -0.1) is 0 Å². The number of hydrogen-bond donors (Lipinski definition) is 1. The Bertz CT molecular complexity index is 683. The molecule has 2 aromatic rings. The Kier molecular flexibility index (Phi) is 5.16. The second-order valence-corrected chi connectivity index (χ2v) is 5.84. The maximum atomic E-state index is 12.3. The van der Waals surface area contributed by atoms with Crippen LogP contribution < -0.4 is 10.1 Å². The number of nitrogens with one attached hydrogen (secondary N) is 1. The van der Waals surface area contributed by atoms with Crippen LogP contribution in [0, 0.1) is 0 Å².